The van der Waals surface area contributed by atoms with Crippen LogP contribution >= 0.6 is 11.8 Å². The van der Waals surface area contributed by atoms with E-state index < -0.39 is 20.9 Å². The van der Waals surface area contributed by atoms with Gasteiger partial charge in [0, 0.05) is 30.8 Å². The fourth-order valence-corrected chi connectivity index (χ4v) is 4.47. The molecule has 0 unspecified atom stereocenters. The van der Waals surface area contributed by atoms with Crippen molar-refractivity contribution in [2.75, 3.05) is 25.6 Å². The molecular formula is C14H19N3O5S2. The molecule has 0 saturated carbocycles. The number of sulfonamides is 1. The summed E-state index contributed by atoms with van der Waals surface area (Å²) in [4.78, 5) is 23.2. The van der Waals surface area contributed by atoms with Crippen LogP contribution < -0.4 is 5.32 Å². The average molecular weight is 373 g/mol. The first-order valence-electron chi connectivity index (χ1n) is 7.31. The summed E-state index contributed by atoms with van der Waals surface area (Å²) < 4.78 is 24.8. The molecule has 1 N–H and O–H groups in total. The maximum Gasteiger partial charge on any atom is 0.283 e. The standard InChI is InChI=1S/C14H19N3O5S2/c1-23-13-6-5-10(8-12(13)17(19)20)14(18)15-9-11-4-3-7-16(11)24(2,21)22/h5-6,8,11H,3-4,7,9H2,1-2H3,(H,15,18)/t11-/m1/s1. The third kappa shape index (κ3) is 4.25. The lowest BCUT2D eigenvalue weighted by atomic mass is 10.1. The number of nitrogens with one attached hydrogen (secondary N) is 1. The first-order chi connectivity index (χ1) is 11.2. The van der Waals surface area contributed by atoms with E-state index in [0.717, 1.165) is 12.7 Å². The number of nitro benzene ring substituents is 1. The van der Waals surface area contributed by atoms with E-state index in [2.05, 4.69) is 5.32 Å². The molecule has 1 fully saturated rings. The number of nitrogens with zero attached hydrogens (tertiary/aromatic N) is 2. The fraction of sp³-hybridized carbons (Fsp3) is 0.500. The largest absolute Gasteiger partial charge is 0.350 e. The van der Waals surface area contributed by atoms with Crippen molar-refractivity contribution in [1.82, 2.24) is 9.62 Å². The van der Waals surface area contributed by atoms with Crippen molar-refractivity contribution in [3.05, 3.63) is 33.9 Å². The van der Waals surface area contributed by atoms with Crippen molar-refractivity contribution >= 4 is 33.4 Å². The first kappa shape index (κ1) is 18.7. The number of nitro groups is 1. The Morgan fingerprint density at radius 2 is 2.21 bits per heavy atom. The summed E-state index contributed by atoms with van der Waals surface area (Å²) in [6, 6.07) is 4.03. The Balaban J connectivity index is 2.08. The van der Waals surface area contributed by atoms with Crippen LogP contribution in [-0.4, -0.2) is 55.2 Å². The van der Waals surface area contributed by atoms with Crippen LogP contribution in [0.1, 0.15) is 23.2 Å². The number of hydrogen-bond donors (Lipinski definition) is 1. The minimum atomic E-state index is -3.30. The van der Waals surface area contributed by atoms with Crippen LogP contribution in [-0.2, 0) is 10.0 Å². The molecule has 0 spiro atoms. The molecule has 0 aliphatic carbocycles. The number of carbonyl (C=O) groups is 1. The van der Waals surface area contributed by atoms with Crippen molar-refractivity contribution < 1.29 is 18.1 Å². The van der Waals surface area contributed by atoms with Gasteiger partial charge in [0.25, 0.3) is 11.6 Å². The Kier molecular flexibility index (Phi) is 5.83. The van der Waals surface area contributed by atoms with Crippen LogP contribution in [0.15, 0.2) is 23.1 Å². The van der Waals surface area contributed by atoms with E-state index in [9.17, 15) is 23.3 Å². The van der Waals surface area contributed by atoms with Crippen LogP contribution in [0.2, 0.25) is 0 Å². The van der Waals surface area contributed by atoms with Gasteiger partial charge in [0.05, 0.1) is 16.1 Å². The van der Waals surface area contributed by atoms with E-state index in [-0.39, 0.29) is 23.8 Å². The second-order valence-corrected chi connectivity index (χ2v) is 8.31. The topological polar surface area (TPSA) is 110 Å². The quantitative estimate of drug-likeness (QED) is 0.459. The smallest absolute Gasteiger partial charge is 0.283 e. The average Bonchev–Trinajstić information content (AvgIpc) is 3.00. The van der Waals surface area contributed by atoms with Gasteiger partial charge < -0.3 is 5.32 Å². The summed E-state index contributed by atoms with van der Waals surface area (Å²) in [5.41, 5.74) is 0.0668. The van der Waals surface area contributed by atoms with E-state index in [1.54, 1.807) is 6.26 Å². The van der Waals surface area contributed by atoms with Crippen molar-refractivity contribution in [3.8, 4) is 0 Å². The molecule has 132 valence electrons. The van der Waals surface area contributed by atoms with E-state index in [0.29, 0.717) is 17.9 Å². The molecule has 1 saturated heterocycles. The number of hydrogen-bond acceptors (Lipinski definition) is 6. The fourth-order valence-electron chi connectivity index (χ4n) is 2.74. The number of amides is 1. The van der Waals surface area contributed by atoms with Crippen molar-refractivity contribution in [2.45, 2.75) is 23.8 Å². The van der Waals surface area contributed by atoms with Gasteiger partial charge in [0.2, 0.25) is 10.0 Å². The van der Waals surface area contributed by atoms with Crippen LogP contribution in [0.25, 0.3) is 0 Å². The van der Waals surface area contributed by atoms with Gasteiger partial charge in [-0.3, -0.25) is 14.9 Å². The second kappa shape index (κ2) is 7.49. The molecule has 0 bridgehead atoms. The minimum Gasteiger partial charge on any atom is -0.350 e. The predicted octanol–water partition coefficient (Wildman–Crippen LogP) is 1.47. The monoisotopic (exact) mass is 373 g/mol. The van der Waals surface area contributed by atoms with Gasteiger partial charge >= 0.3 is 0 Å². The Labute approximate surface area is 144 Å². The molecule has 1 atom stereocenters. The third-order valence-electron chi connectivity index (χ3n) is 3.89. The zero-order chi connectivity index (χ0) is 17.9. The van der Waals surface area contributed by atoms with Crippen LogP contribution in [0, 0.1) is 10.1 Å². The molecule has 1 aliphatic rings. The molecule has 0 radical (unpaired) electrons. The van der Waals surface area contributed by atoms with Gasteiger partial charge in [-0.1, -0.05) is 0 Å². The molecule has 8 nitrogen and oxygen atoms in total. The van der Waals surface area contributed by atoms with Crippen molar-refractivity contribution in [2.24, 2.45) is 0 Å². The number of rotatable bonds is 6. The number of carbonyl (C=O) groups excluding carboxylic acids is 1. The minimum absolute atomic E-state index is 0.117. The molecule has 1 aromatic carbocycles. The van der Waals surface area contributed by atoms with Crippen LogP contribution in [0.3, 0.4) is 0 Å². The summed E-state index contributed by atoms with van der Waals surface area (Å²) in [5, 5.41) is 13.7. The van der Waals surface area contributed by atoms with E-state index in [1.165, 1.54) is 34.3 Å². The molecule has 1 aliphatic heterocycles. The Morgan fingerprint density at radius 3 is 2.79 bits per heavy atom. The molecule has 10 heteroatoms. The Bertz CT molecular complexity index is 751. The second-order valence-electron chi connectivity index (χ2n) is 5.52. The molecule has 1 amide bonds. The van der Waals surface area contributed by atoms with E-state index in [4.69, 9.17) is 0 Å². The summed E-state index contributed by atoms with van der Waals surface area (Å²) in [5.74, 6) is -0.453. The van der Waals surface area contributed by atoms with Gasteiger partial charge in [-0.25, -0.2) is 8.42 Å². The Morgan fingerprint density at radius 1 is 1.50 bits per heavy atom. The van der Waals surface area contributed by atoms with Crippen molar-refractivity contribution in [3.63, 3.8) is 0 Å². The molecule has 1 heterocycles. The maximum atomic E-state index is 12.2. The highest BCUT2D eigenvalue weighted by molar-refractivity contribution is 7.98. The van der Waals surface area contributed by atoms with Gasteiger partial charge in [0.15, 0.2) is 0 Å². The highest BCUT2D eigenvalue weighted by Gasteiger charge is 2.31. The zero-order valence-electron chi connectivity index (χ0n) is 13.4. The predicted molar refractivity (Wildman–Crippen MR) is 91.8 cm³/mol. The lowest BCUT2D eigenvalue weighted by Crippen LogP contribution is -2.42. The summed E-state index contributed by atoms with van der Waals surface area (Å²) in [6.07, 6.45) is 4.31. The van der Waals surface area contributed by atoms with E-state index in [1.807, 2.05) is 0 Å². The van der Waals surface area contributed by atoms with Gasteiger partial charge in [-0.2, -0.15) is 4.31 Å². The highest BCUT2D eigenvalue weighted by Crippen LogP contribution is 2.28. The van der Waals surface area contributed by atoms with Gasteiger partial charge in [0.1, 0.15) is 0 Å². The SMILES string of the molecule is CSc1ccc(C(=O)NC[C@H]2CCCN2S(C)(=O)=O)cc1[N+](=O)[O-]. The maximum absolute atomic E-state index is 12.2. The summed E-state index contributed by atoms with van der Waals surface area (Å²) in [7, 11) is -3.30. The van der Waals surface area contributed by atoms with Crippen LogP contribution in [0.4, 0.5) is 5.69 Å². The van der Waals surface area contributed by atoms with E-state index >= 15 is 0 Å². The summed E-state index contributed by atoms with van der Waals surface area (Å²) in [6.45, 7) is 0.636. The van der Waals surface area contributed by atoms with Crippen LogP contribution in [0.5, 0.6) is 0 Å². The van der Waals surface area contributed by atoms with Crippen molar-refractivity contribution in [1.29, 1.82) is 0 Å². The normalized spacial score (nSPS) is 18.5. The first-order valence-corrected chi connectivity index (χ1v) is 10.4. The Hall–Kier alpha value is -1.65. The van der Waals surface area contributed by atoms with Gasteiger partial charge in [-0.05, 0) is 31.2 Å². The lowest BCUT2D eigenvalue weighted by molar-refractivity contribution is -0.387. The number of benzene rings is 1. The molecule has 24 heavy (non-hydrogen) atoms. The molecule has 1 aromatic rings. The zero-order valence-corrected chi connectivity index (χ0v) is 15.0. The lowest BCUT2D eigenvalue weighted by Gasteiger charge is -2.22. The molecule has 0 aromatic heterocycles. The summed E-state index contributed by atoms with van der Waals surface area (Å²) >= 11 is 1.23. The van der Waals surface area contributed by atoms with Gasteiger partial charge in [-0.15, -0.1) is 11.8 Å². The molecule has 2 rings (SSSR count). The number of thioether (sulfide) groups is 1. The third-order valence-corrected chi connectivity index (χ3v) is 6.00. The highest BCUT2D eigenvalue weighted by atomic mass is 32.2. The molecular weight excluding hydrogens is 354 g/mol.